The van der Waals surface area contributed by atoms with E-state index < -0.39 is 0 Å². The summed E-state index contributed by atoms with van der Waals surface area (Å²) >= 11 is 3.57. The highest BCUT2D eigenvalue weighted by atomic mass is 79.9. The second kappa shape index (κ2) is 8.65. The van der Waals surface area contributed by atoms with Gasteiger partial charge in [-0.25, -0.2) is 0 Å². The van der Waals surface area contributed by atoms with Gasteiger partial charge in [-0.05, 0) is 57.5 Å². The first kappa shape index (κ1) is 17.5. The lowest BCUT2D eigenvalue weighted by Crippen LogP contribution is -2.22. The van der Waals surface area contributed by atoms with E-state index in [9.17, 15) is 0 Å². The van der Waals surface area contributed by atoms with Crippen molar-refractivity contribution in [3.05, 3.63) is 28.2 Å². The molecule has 0 bridgehead atoms. The lowest BCUT2D eigenvalue weighted by molar-refractivity contribution is -0.0163. The van der Waals surface area contributed by atoms with Gasteiger partial charge in [0, 0.05) is 11.0 Å². The minimum absolute atomic E-state index is 0.113. The van der Waals surface area contributed by atoms with Crippen LogP contribution in [-0.2, 0) is 11.3 Å². The molecule has 0 heterocycles. The molecule has 0 radical (unpaired) electrons. The van der Waals surface area contributed by atoms with Crippen LogP contribution in [0.3, 0.4) is 0 Å². The third-order valence-corrected chi connectivity index (χ3v) is 3.42. The summed E-state index contributed by atoms with van der Waals surface area (Å²) in [6.45, 7) is 11.3. The van der Waals surface area contributed by atoms with Crippen molar-refractivity contribution in [2.45, 2.75) is 46.3 Å². The van der Waals surface area contributed by atoms with E-state index in [1.165, 1.54) is 5.56 Å². The van der Waals surface area contributed by atoms with E-state index in [0.29, 0.717) is 13.2 Å². The normalized spacial score (nSPS) is 11.7. The van der Waals surface area contributed by atoms with E-state index in [-0.39, 0.29) is 5.60 Å². The van der Waals surface area contributed by atoms with E-state index in [1.54, 1.807) is 0 Å². The van der Waals surface area contributed by atoms with Gasteiger partial charge in [0.2, 0.25) is 0 Å². The predicted molar refractivity (Wildman–Crippen MR) is 87.3 cm³/mol. The summed E-state index contributed by atoms with van der Waals surface area (Å²) in [7, 11) is 0. The van der Waals surface area contributed by atoms with Gasteiger partial charge in [-0.2, -0.15) is 0 Å². The molecule has 1 aromatic carbocycles. The van der Waals surface area contributed by atoms with Crippen molar-refractivity contribution < 1.29 is 9.47 Å². The summed E-state index contributed by atoms with van der Waals surface area (Å²) in [6.07, 6.45) is 1.14. The van der Waals surface area contributed by atoms with Crippen LogP contribution in [0.25, 0.3) is 0 Å². The monoisotopic (exact) mass is 343 g/mol. The number of benzene rings is 1. The average Bonchev–Trinajstić information content (AvgIpc) is 2.37. The second-order valence-corrected chi connectivity index (χ2v) is 6.59. The third kappa shape index (κ3) is 7.27. The van der Waals surface area contributed by atoms with Crippen molar-refractivity contribution in [2.75, 3.05) is 19.8 Å². The Bertz CT molecular complexity index is 402. The number of rotatable bonds is 8. The molecule has 0 aromatic heterocycles. The summed E-state index contributed by atoms with van der Waals surface area (Å²) in [4.78, 5) is 0. The van der Waals surface area contributed by atoms with Crippen LogP contribution in [0.5, 0.6) is 5.75 Å². The molecule has 1 aromatic rings. The van der Waals surface area contributed by atoms with Gasteiger partial charge in [-0.1, -0.05) is 22.9 Å². The van der Waals surface area contributed by atoms with Gasteiger partial charge in [0.25, 0.3) is 0 Å². The van der Waals surface area contributed by atoms with Gasteiger partial charge in [0.15, 0.2) is 0 Å². The van der Waals surface area contributed by atoms with E-state index >= 15 is 0 Å². The van der Waals surface area contributed by atoms with Crippen molar-refractivity contribution in [3.63, 3.8) is 0 Å². The van der Waals surface area contributed by atoms with Crippen LogP contribution in [0.4, 0.5) is 0 Å². The van der Waals surface area contributed by atoms with Gasteiger partial charge >= 0.3 is 0 Å². The fourth-order valence-corrected chi connectivity index (χ4v) is 2.07. The van der Waals surface area contributed by atoms with Gasteiger partial charge in [0.05, 0.1) is 12.2 Å². The Morgan fingerprint density at radius 1 is 1.20 bits per heavy atom. The fraction of sp³-hybridized carbons (Fsp3) is 0.625. The van der Waals surface area contributed by atoms with E-state index in [1.807, 2.05) is 32.9 Å². The quantitative estimate of drug-likeness (QED) is 0.719. The molecule has 0 amide bonds. The minimum atomic E-state index is -0.113. The second-order valence-electron chi connectivity index (χ2n) is 5.74. The fourth-order valence-electron chi connectivity index (χ4n) is 1.68. The van der Waals surface area contributed by atoms with Gasteiger partial charge in [-0.3, -0.25) is 0 Å². The molecule has 0 atom stereocenters. The zero-order valence-electron chi connectivity index (χ0n) is 13.0. The number of hydrogen-bond donors (Lipinski definition) is 1. The highest BCUT2D eigenvalue weighted by Crippen LogP contribution is 2.22. The average molecular weight is 344 g/mol. The molecule has 0 fully saturated rings. The molecule has 1 N–H and O–H groups in total. The van der Waals surface area contributed by atoms with Crippen molar-refractivity contribution in [2.24, 2.45) is 0 Å². The molecule has 0 saturated carbocycles. The SMILES string of the molecule is CCCNCc1cc(OCCOC(C)(C)C)ccc1Br. The molecule has 3 nitrogen and oxygen atoms in total. The van der Waals surface area contributed by atoms with Crippen molar-refractivity contribution in [1.29, 1.82) is 0 Å². The predicted octanol–water partition coefficient (Wildman–Crippen LogP) is 4.14. The van der Waals surface area contributed by atoms with Crippen LogP contribution < -0.4 is 10.1 Å². The van der Waals surface area contributed by atoms with Crippen molar-refractivity contribution in [1.82, 2.24) is 5.32 Å². The number of hydrogen-bond acceptors (Lipinski definition) is 3. The van der Waals surface area contributed by atoms with Crippen molar-refractivity contribution >= 4 is 15.9 Å². The maximum Gasteiger partial charge on any atom is 0.119 e. The summed E-state index contributed by atoms with van der Waals surface area (Å²) in [5, 5.41) is 3.40. The molecular formula is C16H26BrNO2. The lowest BCUT2D eigenvalue weighted by Gasteiger charge is -2.19. The van der Waals surface area contributed by atoms with Gasteiger partial charge in [-0.15, -0.1) is 0 Å². The molecule has 0 spiro atoms. The maximum absolute atomic E-state index is 5.73. The zero-order valence-corrected chi connectivity index (χ0v) is 14.5. The molecule has 0 unspecified atom stereocenters. The third-order valence-electron chi connectivity index (χ3n) is 2.65. The molecule has 0 saturated heterocycles. The van der Waals surface area contributed by atoms with Crippen LogP contribution in [0.1, 0.15) is 39.7 Å². The van der Waals surface area contributed by atoms with E-state index in [4.69, 9.17) is 9.47 Å². The number of halogens is 1. The smallest absolute Gasteiger partial charge is 0.119 e. The summed E-state index contributed by atoms with van der Waals surface area (Å²) in [5.74, 6) is 0.888. The Kier molecular flexibility index (Phi) is 7.56. The maximum atomic E-state index is 5.73. The van der Waals surface area contributed by atoms with E-state index in [2.05, 4.69) is 34.2 Å². The zero-order chi connectivity index (χ0) is 15.0. The number of ether oxygens (including phenoxy) is 2. The largest absolute Gasteiger partial charge is 0.491 e. The van der Waals surface area contributed by atoms with E-state index in [0.717, 1.165) is 29.7 Å². The van der Waals surface area contributed by atoms with Crippen LogP contribution in [0.15, 0.2) is 22.7 Å². The highest BCUT2D eigenvalue weighted by molar-refractivity contribution is 9.10. The highest BCUT2D eigenvalue weighted by Gasteiger charge is 2.09. The Morgan fingerprint density at radius 3 is 2.60 bits per heavy atom. The van der Waals surface area contributed by atoms with Gasteiger partial charge < -0.3 is 14.8 Å². The van der Waals surface area contributed by atoms with Crippen LogP contribution in [0, 0.1) is 0 Å². The molecule has 114 valence electrons. The Balaban J connectivity index is 2.44. The summed E-state index contributed by atoms with van der Waals surface area (Å²) in [5.41, 5.74) is 1.10. The lowest BCUT2D eigenvalue weighted by atomic mass is 10.2. The molecule has 20 heavy (non-hydrogen) atoms. The van der Waals surface area contributed by atoms with Crippen LogP contribution >= 0.6 is 15.9 Å². The Hall–Kier alpha value is -0.580. The van der Waals surface area contributed by atoms with Crippen LogP contribution in [-0.4, -0.2) is 25.4 Å². The molecular weight excluding hydrogens is 318 g/mol. The molecule has 0 aliphatic carbocycles. The first-order valence-corrected chi connectivity index (χ1v) is 7.97. The molecule has 1 rings (SSSR count). The minimum Gasteiger partial charge on any atom is -0.491 e. The molecule has 4 heteroatoms. The summed E-state index contributed by atoms with van der Waals surface area (Å²) < 4.78 is 12.5. The standard InChI is InChI=1S/C16H26BrNO2/c1-5-8-18-12-13-11-14(6-7-15(13)17)19-9-10-20-16(2,3)4/h6-7,11,18H,5,8-10,12H2,1-4H3. The Morgan fingerprint density at radius 2 is 1.95 bits per heavy atom. The van der Waals surface area contributed by atoms with Crippen molar-refractivity contribution in [3.8, 4) is 5.75 Å². The number of nitrogens with one attached hydrogen (secondary N) is 1. The van der Waals surface area contributed by atoms with Gasteiger partial charge in [0.1, 0.15) is 12.4 Å². The van der Waals surface area contributed by atoms with Crippen LogP contribution in [0.2, 0.25) is 0 Å². The first-order valence-electron chi connectivity index (χ1n) is 7.18. The first-order chi connectivity index (χ1) is 9.42. The Labute approximate surface area is 131 Å². The molecule has 0 aliphatic heterocycles. The molecule has 0 aliphatic rings. The summed E-state index contributed by atoms with van der Waals surface area (Å²) in [6, 6.07) is 6.08. The topological polar surface area (TPSA) is 30.5 Å².